The third-order valence-electron chi connectivity index (χ3n) is 3.26. The molecule has 1 unspecified atom stereocenters. The van der Waals surface area contributed by atoms with Gasteiger partial charge >= 0.3 is 0 Å². The molecule has 0 fully saturated rings. The molecule has 3 rings (SSSR count). The molecule has 4 heteroatoms. The summed E-state index contributed by atoms with van der Waals surface area (Å²) < 4.78 is 12.5. The lowest BCUT2D eigenvalue weighted by Crippen LogP contribution is -2.06. The predicted octanol–water partition coefficient (Wildman–Crippen LogP) is 4.04. The van der Waals surface area contributed by atoms with Crippen molar-refractivity contribution in [3.63, 3.8) is 0 Å². The van der Waals surface area contributed by atoms with Gasteiger partial charge in [0.05, 0.1) is 0 Å². The number of imidazole rings is 1. The summed E-state index contributed by atoms with van der Waals surface area (Å²) in [5, 5.41) is 0.643. The topological polar surface area (TPSA) is 51.7 Å². The van der Waals surface area contributed by atoms with Gasteiger partial charge in [-0.25, -0.2) is 4.98 Å². The average Bonchev–Trinajstić information content (AvgIpc) is 3.02. The van der Waals surface area contributed by atoms with Crippen LogP contribution in [-0.4, -0.2) is 20.3 Å². The van der Waals surface area contributed by atoms with Crippen molar-refractivity contribution >= 4 is 11.2 Å². The van der Waals surface area contributed by atoms with Crippen LogP contribution in [0.5, 0.6) is 0 Å². The van der Waals surface area contributed by atoms with Crippen molar-refractivity contribution in [2.75, 3.05) is 5.75 Å². The summed E-state index contributed by atoms with van der Waals surface area (Å²) in [6, 6.07) is 19.6. The highest BCUT2D eigenvalue weighted by Crippen LogP contribution is 2.29. The Hall–Kier alpha value is -2.30. The standard InChI is InChI=1S/C18H16N2OS/c1-2-13-22(21)18-16(14-9-5-3-6-10-14)19-17(20-18)15-11-7-4-8-12-15/h2-12H,1,13H2,(H,19,20). The first-order valence-electron chi connectivity index (χ1n) is 6.99. The van der Waals surface area contributed by atoms with E-state index in [1.807, 2.05) is 60.7 Å². The van der Waals surface area contributed by atoms with Gasteiger partial charge in [-0.05, 0) is 6.08 Å². The van der Waals surface area contributed by atoms with Gasteiger partial charge in [-0.15, -0.1) is 0 Å². The Labute approximate surface area is 132 Å². The van der Waals surface area contributed by atoms with Gasteiger partial charge in [0, 0.05) is 22.3 Å². The summed E-state index contributed by atoms with van der Waals surface area (Å²) in [7, 11) is 0. The predicted molar refractivity (Wildman–Crippen MR) is 90.9 cm³/mol. The van der Waals surface area contributed by atoms with E-state index in [0.29, 0.717) is 10.8 Å². The normalized spacial score (nSPS) is 12.0. The summed E-state index contributed by atoms with van der Waals surface area (Å²) in [5.41, 5.74) is 2.66. The minimum Gasteiger partial charge on any atom is -0.610 e. The second-order valence-electron chi connectivity index (χ2n) is 4.80. The van der Waals surface area contributed by atoms with E-state index in [-0.39, 0.29) is 0 Å². The number of nitrogens with one attached hydrogen (secondary N) is 1. The van der Waals surface area contributed by atoms with Crippen LogP contribution in [0, 0.1) is 0 Å². The Bertz CT molecular complexity index is 753. The van der Waals surface area contributed by atoms with Crippen molar-refractivity contribution in [3.05, 3.63) is 73.3 Å². The van der Waals surface area contributed by atoms with Crippen LogP contribution >= 0.6 is 0 Å². The van der Waals surface area contributed by atoms with Gasteiger partial charge in [-0.3, -0.25) is 4.98 Å². The highest BCUT2D eigenvalue weighted by Gasteiger charge is 2.22. The average molecular weight is 308 g/mol. The van der Waals surface area contributed by atoms with Crippen molar-refractivity contribution < 1.29 is 4.55 Å². The fourth-order valence-corrected chi connectivity index (χ4v) is 3.21. The second kappa shape index (κ2) is 6.64. The molecule has 0 radical (unpaired) electrons. The Kier molecular flexibility index (Phi) is 4.42. The lowest BCUT2D eigenvalue weighted by atomic mass is 10.2. The molecular weight excluding hydrogens is 292 g/mol. The molecule has 0 aliphatic heterocycles. The van der Waals surface area contributed by atoms with E-state index in [4.69, 9.17) is 0 Å². The van der Waals surface area contributed by atoms with Crippen LogP contribution < -0.4 is 0 Å². The molecule has 0 saturated carbocycles. The molecule has 110 valence electrons. The van der Waals surface area contributed by atoms with Crippen LogP contribution in [-0.2, 0) is 11.2 Å². The van der Waals surface area contributed by atoms with Crippen LogP contribution in [0.4, 0.5) is 0 Å². The highest BCUT2D eigenvalue weighted by atomic mass is 32.2. The van der Waals surface area contributed by atoms with E-state index < -0.39 is 11.2 Å². The molecule has 0 aliphatic carbocycles. The number of aromatic amines is 1. The first-order chi connectivity index (χ1) is 10.8. The largest absolute Gasteiger partial charge is 0.610 e. The van der Waals surface area contributed by atoms with Gasteiger partial charge in [-0.2, -0.15) is 0 Å². The molecule has 22 heavy (non-hydrogen) atoms. The van der Waals surface area contributed by atoms with Crippen LogP contribution in [0.1, 0.15) is 0 Å². The van der Waals surface area contributed by atoms with Crippen molar-refractivity contribution in [2.24, 2.45) is 0 Å². The Morgan fingerprint density at radius 3 is 2.18 bits per heavy atom. The molecule has 1 N–H and O–H groups in total. The first kappa shape index (κ1) is 14.6. The Morgan fingerprint density at radius 2 is 1.59 bits per heavy atom. The van der Waals surface area contributed by atoms with E-state index in [1.165, 1.54) is 0 Å². The minimum atomic E-state index is -1.18. The second-order valence-corrected chi connectivity index (χ2v) is 6.23. The van der Waals surface area contributed by atoms with Crippen molar-refractivity contribution in [3.8, 4) is 22.6 Å². The molecule has 3 aromatic rings. The van der Waals surface area contributed by atoms with Crippen LogP contribution in [0.2, 0.25) is 0 Å². The van der Waals surface area contributed by atoms with Crippen LogP contribution in [0.15, 0.2) is 78.3 Å². The number of benzene rings is 2. The number of hydrogen-bond donors (Lipinski definition) is 1. The number of nitrogens with zero attached hydrogens (tertiary/aromatic N) is 1. The third kappa shape index (κ3) is 2.98. The first-order valence-corrected chi connectivity index (χ1v) is 8.31. The quantitative estimate of drug-likeness (QED) is 0.571. The van der Waals surface area contributed by atoms with E-state index in [0.717, 1.165) is 22.6 Å². The molecule has 1 heterocycles. The molecule has 1 atom stereocenters. The Morgan fingerprint density at radius 1 is 1.00 bits per heavy atom. The van der Waals surface area contributed by atoms with Crippen molar-refractivity contribution in [1.29, 1.82) is 0 Å². The maximum atomic E-state index is 12.5. The zero-order valence-electron chi connectivity index (χ0n) is 12.0. The van der Waals surface area contributed by atoms with E-state index >= 15 is 0 Å². The number of rotatable bonds is 5. The van der Waals surface area contributed by atoms with Gasteiger partial charge in [0.2, 0.25) is 0 Å². The summed E-state index contributed by atoms with van der Waals surface area (Å²) in [4.78, 5) is 7.89. The summed E-state index contributed by atoms with van der Waals surface area (Å²) in [5.74, 6) is 1.13. The van der Waals surface area contributed by atoms with E-state index in [2.05, 4.69) is 16.5 Å². The minimum absolute atomic E-state index is 0.399. The molecule has 0 amide bonds. The molecule has 0 spiro atoms. The van der Waals surface area contributed by atoms with Crippen molar-refractivity contribution in [2.45, 2.75) is 5.03 Å². The maximum Gasteiger partial charge on any atom is 0.251 e. The molecule has 3 nitrogen and oxygen atoms in total. The van der Waals surface area contributed by atoms with Crippen LogP contribution in [0.25, 0.3) is 22.6 Å². The van der Waals surface area contributed by atoms with Gasteiger partial charge in [0.15, 0.2) is 0 Å². The summed E-state index contributed by atoms with van der Waals surface area (Å²) in [6.45, 7) is 3.67. The molecule has 0 bridgehead atoms. The van der Waals surface area contributed by atoms with Gasteiger partial charge < -0.3 is 4.55 Å². The van der Waals surface area contributed by atoms with E-state index in [1.54, 1.807) is 6.08 Å². The SMILES string of the molecule is C=CC[S+]([O-])c1[nH]c(-c2ccccc2)nc1-c1ccccc1. The summed E-state index contributed by atoms with van der Waals surface area (Å²) >= 11 is -1.18. The lowest BCUT2D eigenvalue weighted by Gasteiger charge is -2.07. The van der Waals surface area contributed by atoms with Crippen molar-refractivity contribution in [1.82, 2.24) is 9.97 Å². The maximum absolute atomic E-state index is 12.5. The number of H-pyrrole nitrogens is 1. The van der Waals surface area contributed by atoms with Gasteiger partial charge in [-0.1, -0.05) is 67.2 Å². The van der Waals surface area contributed by atoms with Crippen LogP contribution in [0.3, 0.4) is 0 Å². The van der Waals surface area contributed by atoms with Gasteiger partial charge in [0.25, 0.3) is 5.03 Å². The zero-order chi connectivity index (χ0) is 15.4. The van der Waals surface area contributed by atoms with Gasteiger partial charge in [0.1, 0.15) is 17.3 Å². The smallest absolute Gasteiger partial charge is 0.251 e. The molecule has 0 saturated heterocycles. The lowest BCUT2D eigenvalue weighted by molar-refractivity contribution is 0.595. The molecular formula is C18H16N2OS. The fraction of sp³-hybridized carbons (Fsp3) is 0.0556. The monoisotopic (exact) mass is 308 g/mol. The highest BCUT2D eigenvalue weighted by molar-refractivity contribution is 7.91. The molecule has 2 aromatic carbocycles. The Balaban J connectivity index is 2.11. The summed E-state index contributed by atoms with van der Waals surface area (Å²) in [6.07, 6.45) is 1.66. The van der Waals surface area contributed by atoms with E-state index in [9.17, 15) is 4.55 Å². The number of aromatic nitrogens is 2. The third-order valence-corrected chi connectivity index (χ3v) is 4.55. The molecule has 1 aromatic heterocycles. The number of hydrogen-bond acceptors (Lipinski definition) is 2. The molecule has 0 aliphatic rings. The fourth-order valence-electron chi connectivity index (χ4n) is 2.24. The zero-order valence-corrected chi connectivity index (χ0v) is 12.8.